The van der Waals surface area contributed by atoms with E-state index in [1.807, 2.05) is 13.8 Å². The first-order valence-corrected chi connectivity index (χ1v) is 6.22. The molecule has 1 fully saturated rings. The highest BCUT2D eigenvalue weighted by atomic mass is 16.4. The topological polar surface area (TPSA) is 104 Å². The molecule has 2 rings (SSSR count). The van der Waals surface area contributed by atoms with Crippen molar-refractivity contribution < 1.29 is 5.21 Å². The molecule has 1 aliphatic heterocycles. The fourth-order valence-corrected chi connectivity index (χ4v) is 1.95. The number of oxime groups is 1. The van der Waals surface area contributed by atoms with Crippen LogP contribution in [0.5, 0.6) is 0 Å². The van der Waals surface area contributed by atoms with Gasteiger partial charge in [-0.15, -0.1) is 5.10 Å². The Morgan fingerprint density at radius 2 is 1.89 bits per heavy atom. The van der Waals surface area contributed by atoms with E-state index in [4.69, 9.17) is 10.9 Å². The van der Waals surface area contributed by atoms with E-state index in [9.17, 15) is 0 Å². The highest BCUT2D eigenvalue weighted by molar-refractivity contribution is 5.81. The summed E-state index contributed by atoms with van der Waals surface area (Å²) >= 11 is 0. The lowest BCUT2D eigenvalue weighted by Gasteiger charge is -2.34. The van der Waals surface area contributed by atoms with Gasteiger partial charge in [0.25, 0.3) is 0 Å². The fourth-order valence-electron chi connectivity index (χ4n) is 1.95. The maximum Gasteiger partial charge on any atom is 0.245 e. The number of amidine groups is 1. The number of anilines is 1. The summed E-state index contributed by atoms with van der Waals surface area (Å²) in [5.74, 6) is 0.907. The quantitative estimate of drug-likeness (QED) is 0.324. The van der Waals surface area contributed by atoms with Crippen molar-refractivity contribution in [1.29, 1.82) is 0 Å². The molecule has 19 heavy (non-hydrogen) atoms. The molecule has 0 atom stereocenters. The van der Waals surface area contributed by atoms with Gasteiger partial charge in [-0.3, -0.25) is 4.90 Å². The van der Waals surface area contributed by atoms with Crippen molar-refractivity contribution in [2.24, 2.45) is 10.9 Å². The molecule has 8 nitrogen and oxygen atoms in total. The molecule has 0 aromatic carbocycles. The second-order valence-electron chi connectivity index (χ2n) is 4.64. The number of piperazine rings is 1. The van der Waals surface area contributed by atoms with E-state index < -0.39 is 0 Å². The standard InChI is InChI=1S/C11H19N7O/c1-8-9(2)14-15-11(13-8)18-5-3-17(4-6-18)7-10(12)16-19/h19H,3-7H2,1-2H3,(H2,12,16). The molecule has 0 saturated carbocycles. The van der Waals surface area contributed by atoms with E-state index in [1.165, 1.54) is 0 Å². The zero-order chi connectivity index (χ0) is 13.8. The number of hydrogen-bond donors (Lipinski definition) is 2. The molecule has 3 N–H and O–H groups in total. The van der Waals surface area contributed by atoms with E-state index in [0.717, 1.165) is 37.6 Å². The van der Waals surface area contributed by atoms with Crippen LogP contribution in [0.1, 0.15) is 11.4 Å². The summed E-state index contributed by atoms with van der Waals surface area (Å²) in [6.45, 7) is 7.58. The van der Waals surface area contributed by atoms with Gasteiger partial charge in [-0.1, -0.05) is 5.16 Å². The molecule has 0 radical (unpaired) electrons. The van der Waals surface area contributed by atoms with Crippen molar-refractivity contribution in [1.82, 2.24) is 20.1 Å². The van der Waals surface area contributed by atoms with Gasteiger partial charge in [-0.05, 0) is 13.8 Å². The summed E-state index contributed by atoms with van der Waals surface area (Å²) in [5.41, 5.74) is 7.26. The average Bonchev–Trinajstić information content (AvgIpc) is 2.42. The number of nitrogens with two attached hydrogens (primary N) is 1. The smallest absolute Gasteiger partial charge is 0.245 e. The summed E-state index contributed by atoms with van der Waals surface area (Å²) < 4.78 is 0. The Kier molecular flexibility index (Phi) is 4.10. The minimum Gasteiger partial charge on any atom is -0.409 e. The minimum atomic E-state index is 0.234. The Morgan fingerprint density at radius 3 is 2.47 bits per heavy atom. The second kappa shape index (κ2) is 5.79. The lowest BCUT2D eigenvalue weighted by molar-refractivity contribution is 0.277. The van der Waals surface area contributed by atoms with Gasteiger partial charge < -0.3 is 15.8 Å². The lowest BCUT2D eigenvalue weighted by Crippen LogP contribution is -2.49. The molecular formula is C11H19N7O. The summed E-state index contributed by atoms with van der Waals surface area (Å²) in [5, 5.41) is 19.8. The van der Waals surface area contributed by atoms with Gasteiger partial charge in [-0.25, -0.2) is 4.98 Å². The molecule has 1 saturated heterocycles. The molecule has 0 amide bonds. The third-order valence-electron chi connectivity index (χ3n) is 3.25. The van der Waals surface area contributed by atoms with Gasteiger partial charge in [0.05, 0.1) is 17.9 Å². The van der Waals surface area contributed by atoms with Gasteiger partial charge >= 0.3 is 0 Å². The third kappa shape index (κ3) is 3.28. The van der Waals surface area contributed by atoms with Crippen molar-refractivity contribution in [3.05, 3.63) is 11.4 Å². The van der Waals surface area contributed by atoms with E-state index >= 15 is 0 Å². The molecule has 1 aromatic heterocycles. The zero-order valence-corrected chi connectivity index (χ0v) is 11.2. The number of rotatable bonds is 3. The highest BCUT2D eigenvalue weighted by Crippen LogP contribution is 2.11. The summed E-state index contributed by atoms with van der Waals surface area (Å²) in [7, 11) is 0. The predicted octanol–water partition coefficient (Wildman–Crippen LogP) is -0.643. The Bertz CT molecular complexity index is 468. The molecule has 1 aromatic rings. The van der Waals surface area contributed by atoms with Gasteiger partial charge in [0.2, 0.25) is 5.95 Å². The van der Waals surface area contributed by atoms with E-state index in [1.54, 1.807) is 0 Å². The van der Waals surface area contributed by atoms with E-state index in [2.05, 4.69) is 30.1 Å². The van der Waals surface area contributed by atoms with Crippen LogP contribution < -0.4 is 10.6 Å². The summed E-state index contributed by atoms with van der Waals surface area (Å²) in [6, 6.07) is 0. The Labute approximate surface area is 111 Å². The lowest BCUT2D eigenvalue weighted by atomic mass is 10.3. The molecule has 0 aliphatic carbocycles. The minimum absolute atomic E-state index is 0.234. The molecule has 0 spiro atoms. The first kappa shape index (κ1) is 13.5. The van der Waals surface area contributed by atoms with Crippen LogP contribution in [0.4, 0.5) is 5.95 Å². The average molecular weight is 265 g/mol. The van der Waals surface area contributed by atoms with Crippen LogP contribution in [-0.2, 0) is 0 Å². The third-order valence-corrected chi connectivity index (χ3v) is 3.25. The maximum absolute atomic E-state index is 8.55. The molecule has 104 valence electrons. The van der Waals surface area contributed by atoms with Crippen LogP contribution in [0.25, 0.3) is 0 Å². The highest BCUT2D eigenvalue weighted by Gasteiger charge is 2.20. The van der Waals surface area contributed by atoms with Gasteiger partial charge in [0, 0.05) is 26.2 Å². The largest absolute Gasteiger partial charge is 0.409 e. The molecule has 1 aliphatic rings. The fraction of sp³-hybridized carbons (Fsp3) is 0.636. The number of nitrogens with zero attached hydrogens (tertiary/aromatic N) is 6. The monoisotopic (exact) mass is 265 g/mol. The number of hydrogen-bond acceptors (Lipinski definition) is 7. The first-order chi connectivity index (χ1) is 9.10. The van der Waals surface area contributed by atoms with Crippen LogP contribution in [0.3, 0.4) is 0 Å². The Hall–Kier alpha value is -1.96. The van der Waals surface area contributed by atoms with E-state index in [0.29, 0.717) is 12.5 Å². The van der Waals surface area contributed by atoms with Crippen LogP contribution in [0.15, 0.2) is 5.16 Å². The van der Waals surface area contributed by atoms with Crippen molar-refractivity contribution in [2.45, 2.75) is 13.8 Å². The van der Waals surface area contributed by atoms with Gasteiger partial charge in [0.1, 0.15) is 0 Å². The SMILES string of the molecule is Cc1nnc(N2CCN(CC(N)=NO)CC2)nc1C. The van der Waals surface area contributed by atoms with Crippen molar-refractivity contribution >= 4 is 11.8 Å². The molecule has 0 bridgehead atoms. The van der Waals surface area contributed by atoms with Gasteiger partial charge in [-0.2, -0.15) is 5.10 Å². The van der Waals surface area contributed by atoms with Gasteiger partial charge in [0.15, 0.2) is 5.84 Å². The Morgan fingerprint density at radius 1 is 1.21 bits per heavy atom. The van der Waals surface area contributed by atoms with Crippen LogP contribution in [0, 0.1) is 13.8 Å². The van der Waals surface area contributed by atoms with Crippen molar-refractivity contribution in [2.75, 3.05) is 37.6 Å². The Balaban J connectivity index is 1.94. The van der Waals surface area contributed by atoms with E-state index in [-0.39, 0.29) is 5.84 Å². The molecular weight excluding hydrogens is 246 g/mol. The first-order valence-electron chi connectivity index (χ1n) is 6.22. The molecule has 0 unspecified atom stereocenters. The van der Waals surface area contributed by atoms with Crippen LogP contribution in [0.2, 0.25) is 0 Å². The molecule has 2 heterocycles. The second-order valence-corrected chi connectivity index (χ2v) is 4.64. The maximum atomic E-state index is 8.55. The number of aryl methyl sites for hydroxylation is 2. The van der Waals surface area contributed by atoms with Crippen LogP contribution in [-0.4, -0.2) is 63.8 Å². The predicted molar refractivity (Wildman–Crippen MR) is 71.4 cm³/mol. The summed E-state index contributed by atoms with van der Waals surface area (Å²) in [6.07, 6.45) is 0. The molecule has 8 heteroatoms. The van der Waals surface area contributed by atoms with Crippen molar-refractivity contribution in [3.8, 4) is 0 Å². The zero-order valence-electron chi connectivity index (χ0n) is 11.2. The normalized spacial score (nSPS) is 17.8. The van der Waals surface area contributed by atoms with Crippen molar-refractivity contribution in [3.63, 3.8) is 0 Å². The number of aromatic nitrogens is 3. The van der Waals surface area contributed by atoms with Crippen LogP contribution >= 0.6 is 0 Å². The summed E-state index contributed by atoms with van der Waals surface area (Å²) in [4.78, 5) is 8.67.